The summed E-state index contributed by atoms with van der Waals surface area (Å²) in [5, 5.41) is 16.0. The predicted molar refractivity (Wildman–Crippen MR) is 170 cm³/mol. The summed E-state index contributed by atoms with van der Waals surface area (Å²) in [4.78, 5) is 36.3. The molecule has 10 heteroatoms. The third kappa shape index (κ3) is 5.83. The quantitative estimate of drug-likeness (QED) is 0.297. The van der Waals surface area contributed by atoms with Crippen molar-refractivity contribution in [2.75, 3.05) is 26.2 Å². The van der Waals surface area contributed by atoms with Crippen LogP contribution in [0.2, 0.25) is 0 Å². The number of aryl methyl sites for hydroxylation is 1. The highest BCUT2D eigenvalue weighted by Gasteiger charge is 2.41. The molecule has 0 spiro atoms. The highest BCUT2D eigenvalue weighted by molar-refractivity contribution is 5.80. The third-order valence-electron chi connectivity index (χ3n) is 9.66. The van der Waals surface area contributed by atoms with Crippen molar-refractivity contribution in [1.82, 2.24) is 29.1 Å². The number of hydrogen-bond acceptors (Lipinski definition) is 7. The molecule has 2 saturated heterocycles. The van der Waals surface area contributed by atoms with Gasteiger partial charge in [-0.1, -0.05) is 53.7 Å². The smallest absolute Gasteiger partial charge is 0.262 e. The Kier molecular flexibility index (Phi) is 7.85. The van der Waals surface area contributed by atoms with Crippen molar-refractivity contribution in [3.05, 3.63) is 113 Å². The van der Waals surface area contributed by atoms with Crippen LogP contribution in [0.5, 0.6) is 0 Å². The Hall–Kier alpha value is -4.54. The van der Waals surface area contributed by atoms with Gasteiger partial charge in [0.1, 0.15) is 12.1 Å². The first kappa shape index (κ1) is 29.2. The number of aliphatic hydroxyl groups is 1. The van der Waals surface area contributed by atoms with Crippen molar-refractivity contribution in [3.8, 4) is 5.69 Å². The van der Waals surface area contributed by atoms with Crippen LogP contribution < -0.4 is 5.56 Å². The summed E-state index contributed by atoms with van der Waals surface area (Å²) in [5.74, 6) is 0.900. The maximum Gasteiger partial charge on any atom is 0.262 e. The number of carbonyl (C=O) groups excluding carboxylic acids is 1. The van der Waals surface area contributed by atoms with Gasteiger partial charge in [-0.2, -0.15) is 0 Å². The lowest BCUT2D eigenvalue weighted by molar-refractivity contribution is -0.142. The molecular weight excluding hydrogens is 568 g/mol. The number of fused-ring (bicyclic) bond motifs is 1. The Balaban J connectivity index is 1.03. The van der Waals surface area contributed by atoms with Gasteiger partial charge in [0.25, 0.3) is 5.56 Å². The predicted octanol–water partition coefficient (Wildman–Crippen LogP) is 4.14. The van der Waals surface area contributed by atoms with E-state index in [9.17, 15) is 14.7 Å². The zero-order valence-electron chi connectivity index (χ0n) is 25.5. The first-order chi connectivity index (χ1) is 21.9. The van der Waals surface area contributed by atoms with E-state index in [4.69, 9.17) is 4.52 Å². The van der Waals surface area contributed by atoms with Crippen LogP contribution in [-0.4, -0.2) is 71.9 Å². The van der Waals surface area contributed by atoms with Gasteiger partial charge in [-0.05, 0) is 56.5 Å². The molecule has 0 radical (unpaired) electrons. The van der Waals surface area contributed by atoms with E-state index in [1.54, 1.807) is 12.3 Å². The first-order valence-corrected chi connectivity index (χ1v) is 15.7. The van der Waals surface area contributed by atoms with Crippen LogP contribution in [0.1, 0.15) is 42.1 Å². The Morgan fingerprint density at radius 1 is 1.02 bits per heavy atom. The summed E-state index contributed by atoms with van der Waals surface area (Å²) in [6, 6.07) is 21.9. The minimum Gasteiger partial charge on any atom is -0.388 e. The van der Waals surface area contributed by atoms with Crippen LogP contribution in [0.3, 0.4) is 0 Å². The molecule has 1 N–H and O–H groups in total. The van der Waals surface area contributed by atoms with Crippen molar-refractivity contribution in [2.24, 2.45) is 5.92 Å². The molecule has 3 aromatic heterocycles. The standard InChI is InChI=1S/C35H38N6O4/c1-25-27(20-37-45-25)21-38-16-12-29(31(22-38)26-8-4-2-5-9-26)33(42)39-18-14-35(44,15-19-39)23-40-24-36-32-30(34(40)43)13-17-41(32)28-10-6-3-7-11-28/h2-11,13,17,20,24,29,31,44H,12,14-16,18-19,21-23H2,1H3/t29-,31+/m1/s1. The maximum absolute atomic E-state index is 14.0. The molecular formula is C35H38N6O4. The topological polar surface area (TPSA) is 110 Å². The zero-order chi connectivity index (χ0) is 31.0. The Morgan fingerprint density at radius 3 is 2.47 bits per heavy atom. The van der Waals surface area contributed by atoms with Gasteiger partial charge in [-0.3, -0.25) is 19.1 Å². The van der Waals surface area contributed by atoms with Gasteiger partial charge < -0.3 is 19.1 Å². The van der Waals surface area contributed by atoms with Crippen molar-refractivity contribution in [1.29, 1.82) is 0 Å². The Morgan fingerprint density at radius 2 is 1.76 bits per heavy atom. The molecule has 7 rings (SSSR count). The van der Waals surface area contributed by atoms with Gasteiger partial charge in [0.05, 0.1) is 23.7 Å². The molecule has 232 valence electrons. The lowest BCUT2D eigenvalue weighted by Crippen LogP contribution is -2.53. The van der Waals surface area contributed by atoms with Crippen molar-refractivity contribution < 1.29 is 14.4 Å². The number of carbonyl (C=O) groups is 1. The Labute approximate surface area is 261 Å². The summed E-state index contributed by atoms with van der Waals surface area (Å²) in [6.07, 6.45) is 6.71. The molecule has 2 aliphatic heterocycles. The molecule has 0 saturated carbocycles. The van der Waals surface area contributed by atoms with E-state index in [0.29, 0.717) is 37.0 Å². The van der Waals surface area contributed by atoms with Crippen LogP contribution in [0.4, 0.5) is 0 Å². The van der Waals surface area contributed by atoms with Crippen molar-refractivity contribution in [2.45, 2.75) is 50.8 Å². The fraction of sp³-hybridized carbons (Fsp3) is 0.371. The van der Waals surface area contributed by atoms with Gasteiger partial charge in [0.2, 0.25) is 5.91 Å². The van der Waals surface area contributed by atoms with Gasteiger partial charge >= 0.3 is 0 Å². The Bertz CT molecular complexity index is 1840. The van der Waals surface area contributed by atoms with Crippen LogP contribution in [0.25, 0.3) is 16.7 Å². The van der Waals surface area contributed by atoms with E-state index in [0.717, 1.165) is 43.1 Å². The number of benzene rings is 2. The number of nitrogens with zero attached hydrogens (tertiary/aromatic N) is 6. The first-order valence-electron chi connectivity index (χ1n) is 15.7. The highest BCUT2D eigenvalue weighted by atomic mass is 16.5. The number of hydrogen-bond donors (Lipinski definition) is 1. The van der Waals surface area contributed by atoms with Crippen LogP contribution in [0, 0.1) is 12.8 Å². The number of rotatable bonds is 7. The van der Waals surface area contributed by atoms with E-state index in [1.165, 1.54) is 16.5 Å². The van der Waals surface area contributed by atoms with Gasteiger partial charge in [-0.25, -0.2) is 4.98 Å². The summed E-state index contributed by atoms with van der Waals surface area (Å²) in [6.45, 7) is 5.30. The van der Waals surface area contributed by atoms with Crippen LogP contribution in [-0.2, 0) is 17.9 Å². The summed E-state index contributed by atoms with van der Waals surface area (Å²) in [5.41, 5.74) is 2.48. The third-order valence-corrected chi connectivity index (χ3v) is 9.66. The molecule has 5 heterocycles. The second kappa shape index (κ2) is 12.1. The lowest BCUT2D eigenvalue weighted by Gasteiger charge is -2.43. The SMILES string of the molecule is Cc1oncc1CN1CC[C@@H](C(=O)N2CCC(O)(Cn3cnc4c(ccn4-c4ccccc4)c3=O)CC2)[C@H](c2ccccc2)C1. The van der Waals surface area contributed by atoms with Crippen molar-refractivity contribution in [3.63, 3.8) is 0 Å². The summed E-state index contributed by atoms with van der Waals surface area (Å²) in [7, 11) is 0. The molecule has 0 unspecified atom stereocenters. The van der Waals surface area contributed by atoms with Gasteiger partial charge in [0, 0.05) is 55.5 Å². The highest BCUT2D eigenvalue weighted by Crippen LogP contribution is 2.36. The maximum atomic E-state index is 14.0. The second-order valence-electron chi connectivity index (χ2n) is 12.5. The molecule has 2 aromatic carbocycles. The average molecular weight is 607 g/mol. The van der Waals surface area contributed by atoms with E-state index in [1.807, 2.05) is 71.1 Å². The molecule has 45 heavy (non-hydrogen) atoms. The molecule has 1 amide bonds. The second-order valence-corrected chi connectivity index (χ2v) is 12.5. The summed E-state index contributed by atoms with van der Waals surface area (Å²) < 4.78 is 8.67. The van der Waals surface area contributed by atoms with Crippen LogP contribution >= 0.6 is 0 Å². The fourth-order valence-electron chi connectivity index (χ4n) is 7.03. The minimum absolute atomic E-state index is 0.0630. The number of amides is 1. The van der Waals surface area contributed by atoms with E-state index in [-0.39, 0.29) is 29.8 Å². The fourth-order valence-corrected chi connectivity index (χ4v) is 7.03. The average Bonchev–Trinajstić information content (AvgIpc) is 3.69. The monoisotopic (exact) mass is 606 g/mol. The lowest BCUT2D eigenvalue weighted by atomic mass is 9.79. The number of piperidine rings is 2. The van der Waals surface area contributed by atoms with Gasteiger partial charge in [-0.15, -0.1) is 0 Å². The largest absolute Gasteiger partial charge is 0.388 e. The van der Waals surface area contributed by atoms with E-state index in [2.05, 4.69) is 27.2 Å². The zero-order valence-corrected chi connectivity index (χ0v) is 25.5. The molecule has 2 fully saturated rings. The van der Waals surface area contributed by atoms with Crippen molar-refractivity contribution >= 4 is 16.9 Å². The number of likely N-dealkylation sites (tertiary alicyclic amines) is 2. The molecule has 5 aromatic rings. The molecule has 0 aliphatic carbocycles. The molecule has 2 atom stereocenters. The molecule has 2 aliphatic rings. The number of para-hydroxylation sites is 1. The number of aromatic nitrogens is 4. The van der Waals surface area contributed by atoms with E-state index >= 15 is 0 Å². The minimum atomic E-state index is -1.10. The van der Waals surface area contributed by atoms with Gasteiger partial charge in [0.15, 0.2) is 5.65 Å². The normalized spacial score (nSPS) is 20.4. The molecule has 0 bridgehead atoms. The molecule has 10 nitrogen and oxygen atoms in total. The van der Waals surface area contributed by atoms with E-state index < -0.39 is 5.60 Å². The van der Waals surface area contributed by atoms with Crippen LogP contribution in [0.15, 0.2) is 94.8 Å². The summed E-state index contributed by atoms with van der Waals surface area (Å²) >= 11 is 0.